The molecular formula is C27H36N2. The van der Waals surface area contributed by atoms with Crippen molar-refractivity contribution < 1.29 is 0 Å². The lowest BCUT2D eigenvalue weighted by Crippen LogP contribution is -2.21. The van der Waals surface area contributed by atoms with E-state index >= 15 is 0 Å². The van der Waals surface area contributed by atoms with Crippen LogP contribution in [0.4, 0.5) is 0 Å². The lowest BCUT2D eigenvalue weighted by molar-refractivity contribution is 0.344. The Balaban J connectivity index is 1.66. The van der Waals surface area contributed by atoms with Crippen molar-refractivity contribution in [1.82, 2.24) is 0 Å². The van der Waals surface area contributed by atoms with Crippen LogP contribution in [-0.4, -0.2) is 11.9 Å². The molecule has 0 heterocycles. The molecule has 2 heteroatoms. The van der Waals surface area contributed by atoms with E-state index in [-0.39, 0.29) is 0 Å². The third-order valence-electron chi connectivity index (χ3n) is 6.14. The summed E-state index contributed by atoms with van der Waals surface area (Å²) in [6.07, 6.45) is 13.3. The van der Waals surface area contributed by atoms with E-state index in [9.17, 15) is 0 Å². The summed E-state index contributed by atoms with van der Waals surface area (Å²) in [6.45, 7) is 4.62. The molecule has 0 atom stereocenters. The predicted molar refractivity (Wildman–Crippen MR) is 126 cm³/mol. The molecule has 1 aliphatic rings. The van der Waals surface area contributed by atoms with Gasteiger partial charge in [-0.1, -0.05) is 101 Å². The molecule has 0 N–H and O–H groups in total. The third kappa shape index (κ3) is 6.96. The zero-order valence-electron chi connectivity index (χ0n) is 18.2. The topological polar surface area (TPSA) is 24.7 Å². The fourth-order valence-electron chi connectivity index (χ4n) is 4.20. The maximum Gasteiger partial charge on any atom is 0.0733 e. The molecule has 154 valence electrons. The fourth-order valence-corrected chi connectivity index (χ4v) is 4.20. The Labute approximate surface area is 177 Å². The van der Waals surface area contributed by atoms with Crippen LogP contribution >= 0.6 is 0 Å². The second kappa shape index (κ2) is 11.7. The van der Waals surface area contributed by atoms with E-state index in [1.54, 1.807) is 0 Å². The van der Waals surface area contributed by atoms with Crippen molar-refractivity contribution in [3.05, 3.63) is 71.3 Å². The summed E-state index contributed by atoms with van der Waals surface area (Å²) in [7, 11) is 0. The summed E-state index contributed by atoms with van der Waals surface area (Å²) < 4.78 is 0. The van der Waals surface area contributed by atoms with Gasteiger partial charge in [-0.15, -0.1) is 0 Å². The van der Waals surface area contributed by atoms with Gasteiger partial charge >= 0.3 is 0 Å². The van der Waals surface area contributed by atoms with Gasteiger partial charge in [0.2, 0.25) is 0 Å². The van der Waals surface area contributed by atoms with Gasteiger partial charge in [-0.05, 0) is 48.3 Å². The van der Waals surface area contributed by atoms with Crippen molar-refractivity contribution in [2.75, 3.05) is 0 Å². The van der Waals surface area contributed by atoms with E-state index in [1.165, 1.54) is 68.9 Å². The monoisotopic (exact) mass is 388 g/mol. The first-order chi connectivity index (χ1) is 14.3. The molecule has 0 radical (unpaired) electrons. The third-order valence-corrected chi connectivity index (χ3v) is 6.14. The molecule has 1 saturated carbocycles. The lowest BCUT2D eigenvalue weighted by atomic mass is 9.79. The van der Waals surface area contributed by atoms with Crippen molar-refractivity contribution in [1.29, 1.82) is 0 Å². The van der Waals surface area contributed by atoms with Crippen LogP contribution in [0.5, 0.6) is 0 Å². The molecule has 0 spiro atoms. The Morgan fingerprint density at radius 2 is 1.62 bits per heavy atom. The number of hydrogen-bond donors (Lipinski definition) is 0. The second-order valence-corrected chi connectivity index (χ2v) is 8.60. The minimum atomic E-state index is 0.524. The normalized spacial score (nSPS) is 20.3. The van der Waals surface area contributed by atoms with Crippen LogP contribution < -0.4 is 0 Å². The number of hydrogen-bond acceptors (Lipinski definition) is 2. The highest BCUT2D eigenvalue weighted by molar-refractivity contribution is 6.02. The SMILES string of the molecule is CCCCCCc1ccc(C=NN=C(c2ccccc2)C2CCC(C)CC2)cc1. The average molecular weight is 389 g/mol. The molecule has 0 aliphatic heterocycles. The summed E-state index contributed by atoms with van der Waals surface area (Å²) in [6, 6.07) is 19.4. The number of benzene rings is 2. The molecule has 0 aromatic heterocycles. The van der Waals surface area contributed by atoms with Crippen LogP contribution in [0.1, 0.15) is 81.9 Å². The van der Waals surface area contributed by atoms with Gasteiger partial charge in [0.05, 0.1) is 11.9 Å². The number of unbranched alkanes of at least 4 members (excludes halogenated alkanes) is 3. The molecule has 0 unspecified atom stereocenters. The molecule has 0 saturated heterocycles. The Morgan fingerprint density at radius 3 is 2.31 bits per heavy atom. The Bertz CT molecular complexity index is 766. The van der Waals surface area contributed by atoms with Crippen LogP contribution in [0.25, 0.3) is 0 Å². The van der Waals surface area contributed by atoms with E-state index in [2.05, 4.69) is 73.5 Å². The Kier molecular flexibility index (Phi) is 8.67. The molecule has 0 bridgehead atoms. The van der Waals surface area contributed by atoms with Crippen molar-refractivity contribution in [2.45, 2.75) is 71.6 Å². The van der Waals surface area contributed by atoms with Crippen LogP contribution in [-0.2, 0) is 6.42 Å². The van der Waals surface area contributed by atoms with Gasteiger partial charge in [-0.25, -0.2) is 0 Å². The summed E-state index contributed by atoms with van der Waals surface area (Å²) in [5.74, 6) is 1.36. The predicted octanol–water partition coefficient (Wildman–Crippen LogP) is 7.46. The van der Waals surface area contributed by atoms with Crippen molar-refractivity contribution in [2.24, 2.45) is 22.0 Å². The van der Waals surface area contributed by atoms with Gasteiger partial charge in [-0.2, -0.15) is 10.2 Å². The van der Waals surface area contributed by atoms with Crippen molar-refractivity contribution in [3.63, 3.8) is 0 Å². The van der Waals surface area contributed by atoms with Gasteiger partial charge in [0.1, 0.15) is 0 Å². The van der Waals surface area contributed by atoms with Gasteiger partial charge in [0.25, 0.3) is 0 Å². The average Bonchev–Trinajstić information content (AvgIpc) is 2.77. The first-order valence-corrected chi connectivity index (χ1v) is 11.5. The molecule has 0 amide bonds. The zero-order chi connectivity index (χ0) is 20.3. The minimum absolute atomic E-state index is 0.524. The van der Waals surface area contributed by atoms with Gasteiger partial charge in [0, 0.05) is 5.92 Å². The van der Waals surface area contributed by atoms with Crippen LogP contribution in [0.3, 0.4) is 0 Å². The first-order valence-electron chi connectivity index (χ1n) is 11.5. The largest absolute Gasteiger partial charge is 0.158 e. The Hall–Kier alpha value is -2.22. The summed E-state index contributed by atoms with van der Waals surface area (Å²) in [5, 5.41) is 9.21. The molecule has 2 aromatic carbocycles. The van der Waals surface area contributed by atoms with E-state index in [1.807, 2.05) is 6.21 Å². The molecule has 1 aliphatic carbocycles. The molecule has 3 rings (SSSR count). The number of rotatable bonds is 9. The first kappa shape index (κ1) is 21.5. The summed E-state index contributed by atoms with van der Waals surface area (Å²) >= 11 is 0. The van der Waals surface area contributed by atoms with E-state index < -0.39 is 0 Å². The van der Waals surface area contributed by atoms with E-state index in [4.69, 9.17) is 5.10 Å². The highest BCUT2D eigenvalue weighted by Gasteiger charge is 2.23. The van der Waals surface area contributed by atoms with Gasteiger partial charge in [0.15, 0.2) is 0 Å². The molecule has 2 nitrogen and oxygen atoms in total. The molecular weight excluding hydrogens is 352 g/mol. The molecule has 2 aromatic rings. The minimum Gasteiger partial charge on any atom is -0.158 e. The second-order valence-electron chi connectivity index (χ2n) is 8.60. The molecule has 29 heavy (non-hydrogen) atoms. The van der Waals surface area contributed by atoms with Crippen LogP contribution in [0.2, 0.25) is 0 Å². The van der Waals surface area contributed by atoms with E-state index in [0.29, 0.717) is 5.92 Å². The lowest BCUT2D eigenvalue weighted by Gasteiger charge is -2.27. The number of aryl methyl sites for hydroxylation is 1. The quantitative estimate of drug-likeness (QED) is 0.242. The highest BCUT2D eigenvalue weighted by atomic mass is 15.2. The summed E-state index contributed by atoms with van der Waals surface area (Å²) in [4.78, 5) is 0. The van der Waals surface area contributed by atoms with E-state index in [0.717, 1.165) is 17.2 Å². The zero-order valence-corrected chi connectivity index (χ0v) is 18.2. The number of nitrogens with zero attached hydrogens (tertiary/aromatic N) is 2. The van der Waals surface area contributed by atoms with Crippen molar-refractivity contribution in [3.8, 4) is 0 Å². The van der Waals surface area contributed by atoms with Gasteiger partial charge in [-0.3, -0.25) is 0 Å². The Morgan fingerprint density at radius 1 is 0.897 bits per heavy atom. The summed E-state index contributed by atoms with van der Waals surface area (Å²) in [5.41, 5.74) is 4.91. The fraction of sp³-hybridized carbons (Fsp3) is 0.481. The maximum absolute atomic E-state index is 4.72. The maximum atomic E-state index is 4.72. The standard InChI is InChI=1S/C27H36N2/c1-3-4-5-7-10-23-15-17-24(18-16-23)21-28-29-27(25-11-8-6-9-12-25)26-19-13-22(2)14-20-26/h6,8-9,11-12,15-18,21-22,26H,3-5,7,10,13-14,19-20H2,1-2H3. The van der Waals surface area contributed by atoms with Crippen LogP contribution in [0, 0.1) is 11.8 Å². The smallest absolute Gasteiger partial charge is 0.0733 e. The highest BCUT2D eigenvalue weighted by Crippen LogP contribution is 2.31. The van der Waals surface area contributed by atoms with Gasteiger partial charge < -0.3 is 0 Å². The molecule has 1 fully saturated rings. The van der Waals surface area contributed by atoms with Crippen molar-refractivity contribution >= 4 is 11.9 Å². The van der Waals surface area contributed by atoms with Crippen LogP contribution in [0.15, 0.2) is 64.8 Å².